The highest BCUT2D eigenvalue weighted by molar-refractivity contribution is 7.80. The van der Waals surface area contributed by atoms with E-state index < -0.39 is 0 Å². The second-order valence-electron chi connectivity index (χ2n) is 5.60. The van der Waals surface area contributed by atoms with E-state index in [-0.39, 0.29) is 0 Å². The molecular weight excluding hydrogens is 282 g/mol. The molecule has 0 spiro atoms. The highest BCUT2D eigenvalue weighted by Crippen LogP contribution is 2.38. The number of halogens is 1. The standard InChI is InChI=1S/C14H22ClNS2/c1-16(9-12-5-6-13(15)18-12)10-14(11-17)7-3-2-4-8-14/h5-6,17H,2-4,7-11H2,1H3. The molecule has 0 unspecified atom stereocenters. The van der Waals surface area contributed by atoms with Crippen LogP contribution in [0.15, 0.2) is 12.1 Å². The zero-order chi connectivity index (χ0) is 13.0. The minimum Gasteiger partial charge on any atom is -0.301 e. The van der Waals surface area contributed by atoms with Crippen LogP contribution in [0.25, 0.3) is 0 Å². The summed E-state index contributed by atoms with van der Waals surface area (Å²) < 4.78 is 0.889. The van der Waals surface area contributed by atoms with Gasteiger partial charge in [-0.3, -0.25) is 0 Å². The smallest absolute Gasteiger partial charge is 0.0931 e. The molecule has 1 aliphatic carbocycles. The fourth-order valence-electron chi connectivity index (χ4n) is 3.00. The quantitative estimate of drug-likeness (QED) is 0.771. The van der Waals surface area contributed by atoms with Crippen LogP contribution in [0.1, 0.15) is 37.0 Å². The maximum Gasteiger partial charge on any atom is 0.0931 e. The summed E-state index contributed by atoms with van der Waals surface area (Å²) in [5.41, 5.74) is 0.442. The van der Waals surface area contributed by atoms with Gasteiger partial charge in [0, 0.05) is 18.0 Å². The van der Waals surface area contributed by atoms with Gasteiger partial charge in [-0.15, -0.1) is 11.3 Å². The van der Waals surface area contributed by atoms with E-state index in [9.17, 15) is 0 Å². The third kappa shape index (κ3) is 3.89. The van der Waals surface area contributed by atoms with Gasteiger partial charge in [0.05, 0.1) is 4.34 Å². The van der Waals surface area contributed by atoms with E-state index in [1.165, 1.54) is 37.0 Å². The molecule has 1 fully saturated rings. The number of nitrogens with zero attached hydrogens (tertiary/aromatic N) is 1. The number of hydrogen-bond acceptors (Lipinski definition) is 3. The van der Waals surface area contributed by atoms with E-state index in [0.29, 0.717) is 5.41 Å². The normalized spacial score (nSPS) is 19.3. The van der Waals surface area contributed by atoms with Crippen LogP contribution in [0.3, 0.4) is 0 Å². The lowest BCUT2D eigenvalue weighted by Crippen LogP contribution is -2.38. The third-order valence-electron chi connectivity index (χ3n) is 3.91. The van der Waals surface area contributed by atoms with Crippen LogP contribution in [0.5, 0.6) is 0 Å². The molecule has 1 nitrogen and oxygen atoms in total. The van der Waals surface area contributed by atoms with E-state index in [0.717, 1.165) is 23.2 Å². The minimum atomic E-state index is 0.442. The van der Waals surface area contributed by atoms with E-state index in [2.05, 4.69) is 30.6 Å². The van der Waals surface area contributed by atoms with Crippen molar-refractivity contribution in [3.8, 4) is 0 Å². The highest BCUT2D eigenvalue weighted by Gasteiger charge is 2.31. The van der Waals surface area contributed by atoms with Gasteiger partial charge in [0.15, 0.2) is 0 Å². The molecule has 102 valence electrons. The fourth-order valence-corrected chi connectivity index (χ4v) is 4.58. The van der Waals surface area contributed by atoms with Gasteiger partial charge in [-0.05, 0) is 43.2 Å². The van der Waals surface area contributed by atoms with E-state index in [1.807, 2.05) is 6.07 Å². The van der Waals surface area contributed by atoms with Crippen molar-refractivity contribution in [2.75, 3.05) is 19.3 Å². The van der Waals surface area contributed by atoms with E-state index in [1.54, 1.807) is 11.3 Å². The molecule has 0 aliphatic heterocycles. The Kier molecular flexibility index (Phi) is 5.43. The molecule has 1 saturated carbocycles. The van der Waals surface area contributed by atoms with Crippen molar-refractivity contribution in [1.82, 2.24) is 4.90 Å². The topological polar surface area (TPSA) is 3.24 Å². The Morgan fingerprint density at radius 2 is 2.06 bits per heavy atom. The van der Waals surface area contributed by atoms with Crippen molar-refractivity contribution in [2.45, 2.75) is 38.6 Å². The second-order valence-corrected chi connectivity index (χ2v) is 7.71. The molecule has 1 aromatic rings. The molecule has 1 heterocycles. The Morgan fingerprint density at radius 1 is 1.33 bits per heavy atom. The monoisotopic (exact) mass is 303 g/mol. The van der Waals surface area contributed by atoms with Crippen molar-refractivity contribution in [3.05, 3.63) is 21.3 Å². The van der Waals surface area contributed by atoms with E-state index in [4.69, 9.17) is 11.6 Å². The maximum atomic E-state index is 5.98. The fraction of sp³-hybridized carbons (Fsp3) is 0.714. The predicted molar refractivity (Wildman–Crippen MR) is 85.0 cm³/mol. The Morgan fingerprint density at radius 3 is 2.61 bits per heavy atom. The summed E-state index contributed by atoms with van der Waals surface area (Å²) in [6, 6.07) is 4.13. The first-order chi connectivity index (χ1) is 8.63. The largest absolute Gasteiger partial charge is 0.301 e. The van der Waals surface area contributed by atoms with Crippen LogP contribution >= 0.6 is 35.6 Å². The van der Waals surface area contributed by atoms with Crippen molar-refractivity contribution in [3.63, 3.8) is 0 Å². The minimum absolute atomic E-state index is 0.442. The zero-order valence-corrected chi connectivity index (χ0v) is 13.5. The summed E-state index contributed by atoms with van der Waals surface area (Å²) in [4.78, 5) is 3.79. The molecule has 4 heteroatoms. The van der Waals surface area contributed by atoms with Gasteiger partial charge < -0.3 is 4.90 Å². The maximum absolute atomic E-state index is 5.98. The van der Waals surface area contributed by atoms with Crippen molar-refractivity contribution < 1.29 is 0 Å². The van der Waals surface area contributed by atoms with Crippen LogP contribution in [-0.4, -0.2) is 24.2 Å². The summed E-state index contributed by atoms with van der Waals surface area (Å²) in [6.07, 6.45) is 6.83. The van der Waals surface area contributed by atoms with Crippen LogP contribution in [0.4, 0.5) is 0 Å². The molecule has 0 saturated heterocycles. The second kappa shape index (κ2) is 6.65. The lowest BCUT2D eigenvalue weighted by molar-refractivity contribution is 0.141. The first-order valence-corrected chi connectivity index (χ1v) is 8.50. The highest BCUT2D eigenvalue weighted by atomic mass is 35.5. The summed E-state index contributed by atoms with van der Waals surface area (Å²) in [7, 11) is 2.22. The first kappa shape index (κ1) is 14.7. The Hall–Kier alpha value is 0.300. The predicted octanol–water partition coefficient (Wildman–Crippen LogP) is 4.71. The SMILES string of the molecule is CN(Cc1ccc(Cl)s1)CC1(CS)CCCCC1. The van der Waals surface area contributed by atoms with Crippen LogP contribution in [-0.2, 0) is 6.54 Å². The van der Waals surface area contributed by atoms with Gasteiger partial charge in [0.1, 0.15) is 0 Å². The molecule has 18 heavy (non-hydrogen) atoms. The molecule has 0 atom stereocenters. The lowest BCUT2D eigenvalue weighted by Gasteiger charge is -2.39. The van der Waals surface area contributed by atoms with Gasteiger partial charge in [-0.1, -0.05) is 30.9 Å². The summed E-state index contributed by atoms with van der Waals surface area (Å²) in [5, 5.41) is 0. The van der Waals surface area contributed by atoms with Crippen molar-refractivity contribution >= 4 is 35.6 Å². The number of rotatable bonds is 5. The van der Waals surface area contributed by atoms with Gasteiger partial charge in [0.25, 0.3) is 0 Å². The summed E-state index contributed by atoms with van der Waals surface area (Å²) in [5.74, 6) is 1.02. The molecule has 0 bridgehead atoms. The lowest BCUT2D eigenvalue weighted by atomic mass is 9.75. The molecule has 1 aromatic heterocycles. The van der Waals surface area contributed by atoms with Crippen LogP contribution in [0, 0.1) is 5.41 Å². The zero-order valence-electron chi connectivity index (χ0n) is 11.0. The molecule has 0 N–H and O–H groups in total. The average Bonchev–Trinajstić information content (AvgIpc) is 2.75. The summed E-state index contributed by atoms with van der Waals surface area (Å²) >= 11 is 12.3. The molecule has 1 aliphatic rings. The molecule has 0 radical (unpaired) electrons. The van der Waals surface area contributed by atoms with Gasteiger partial charge in [-0.2, -0.15) is 12.6 Å². The van der Waals surface area contributed by atoms with Gasteiger partial charge in [-0.25, -0.2) is 0 Å². The number of thiophene rings is 1. The first-order valence-electron chi connectivity index (χ1n) is 6.67. The number of hydrogen-bond donors (Lipinski definition) is 1. The Labute approximate surface area is 125 Å². The summed E-state index contributed by atoms with van der Waals surface area (Å²) in [6.45, 7) is 2.17. The third-order valence-corrected chi connectivity index (χ3v) is 5.80. The van der Waals surface area contributed by atoms with Gasteiger partial charge in [0.2, 0.25) is 0 Å². The molecular formula is C14H22ClNS2. The molecule has 2 rings (SSSR count). The van der Waals surface area contributed by atoms with Crippen LogP contribution < -0.4 is 0 Å². The van der Waals surface area contributed by atoms with E-state index >= 15 is 0 Å². The molecule has 0 amide bonds. The Bertz CT molecular complexity index is 372. The average molecular weight is 304 g/mol. The number of thiol groups is 1. The van der Waals surface area contributed by atoms with Crippen LogP contribution in [0.2, 0.25) is 4.34 Å². The Balaban J connectivity index is 1.90. The van der Waals surface area contributed by atoms with Crippen molar-refractivity contribution in [2.24, 2.45) is 5.41 Å². The van der Waals surface area contributed by atoms with Gasteiger partial charge >= 0.3 is 0 Å². The van der Waals surface area contributed by atoms with Crippen molar-refractivity contribution in [1.29, 1.82) is 0 Å². The molecule has 0 aromatic carbocycles.